The molecule has 0 radical (unpaired) electrons. The topological polar surface area (TPSA) is 48.3 Å². The Morgan fingerprint density at radius 3 is 2.50 bits per heavy atom. The summed E-state index contributed by atoms with van der Waals surface area (Å²) in [6.07, 6.45) is 2.15. The highest BCUT2D eigenvalue weighted by Crippen LogP contribution is 2.26. The minimum atomic E-state index is -0.539. The third-order valence-electron chi connectivity index (χ3n) is 3.64. The Labute approximate surface area is 140 Å². The van der Waals surface area contributed by atoms with Crippen LogP contribution < -0.4 is 0 Å². The second kappa shape index (κ2) is 5.96. The Bertz CT molecular complexity index is 916. The lowest BCUT2D eigenvalue weighted by atomic mass is 10.0. The van der Waals surface area contributed by atoms with E-state index in [9.17, 15) is 9.59 Å². The number of aldehydes is 1. The maximum atomic E-state index is 12.3. The Hall–Kier alpha value is -2.88. The molecule has 3 aromatic rings. The molecule has 0 unspecified atom stereocenters. The fourth-order valence-electron chi connectivity index (χ4n) is 2.58. The van der Waals surface area contributed by atoms with E-state index in [0.717, 1.165) is 28.3 Å². The first-order chi connectivity index (χ1) is 11.4. The minimum Gasteiger partial charge on any atom is -0.443 e. The lowest BCUT2D eigenvalue weighted by Gasteiger charge is -2.19. The van der Waals surface area contributed by atoms with Gasteiger partial charge >= 0.3 is 6.09 Å². The van der Waals surface area contributed by atoms with Gasteiger partial charge in [-0.2, -0.15) is 0 Å². The molecule has 0 amide bonds. The van der Waals surface area contributed by atoms with Gasteiger partial charge in [0, 0.05) is 17.1 Å². The molecular weight excluding hydrogens is 302 g/mol. The van der Waals surface area contributed by atoms with Gasteiger partial charge in [-0.25, -0.2) is 4.79 Å². The summed E-state index contributed by atoms with van der Waals surface area (Å²) in [5.74, 6) is 0. The van der Waals surface area contributed by atoms with Crippen molar-refractivity contribution < 1.29 is 14.3 Å². The van der Waals surface area contributed by atoms with Crippen LogP contribution in [0.5, 0.6) is 0 Å². The number of fused-ring (bicyclic) bond motifs is 1. The predicted molar refractivity (Wildman–Crippen MR) is 94.4 cm³/mol. The van der Waals surface area contributed by atoms with Crippen molar-refractivity contribution in [2.75, 3.05) is 0 Å². The van der Waals surface area contributed by atoms with E-state index in [0.29, 0.717) is 5.56 Å². The molecule has 3 rings (SSSR count). The number of rotatable bonds is 2. The highest BCUT2D eigenvalue weighted by molar-refractivity contribution is 5.92. The summed E-state index contributed by atoms with van der Waals surface area (Å²) in [7, 11) is 0. The number of carbonyl (C=O) groups excluding carboxylic acids is 2. The largest absolute Gasteiger partial charge is 0.443 e. The van der Waals surface area contributed by atoms with Gasteiger partial charge in [0.1, 0.15) is 11.9 Å². The van der Waals surface area contributed by atoms with Crippen LogP contribution in [0, 0.1) is 0 Å². The van der Waals surface area contributed by atoms with Crippen LogP contribution in [0.1, 0.15) is 31.1 Å². The standard InChI is InChI=1S/C20H19NO3/c1-20(2,3)24-19(23)21-10-9-17-12-16(7-8-18(17)21)15-6-4-5-14(11-15)13-22/h4-13H,1-3H3. The first kappa shape index (κ1) is 16.0. The highest BCUT2D eigenvalue weighted by Gasteiger charge is 2.19. The first-order valence-electron chi connectivity index (χ1n) is 7.77. The lowest BCUT2D eigenvalue weighted by Crippen LogP contribution is -2.26. The third kappa shape index (κ3) is 3.23. The van der Waals surface area contributed by atoms with Crippen molar-refractivity contribution in [3.05, 3.63) is 60.3 Å². The Balaban J connectivity index is 1.99. The van der Waals surface area contributed by atoms with Crippen molar-refractivity contribution in [1.82, 2.24) is 4.57 Å². The van der Waals surface area contributed by atoms with Crippen molar-refractivity contribution >= 4 is 23.3 Å². The number of nitrogens with zero attached hydrogens (tertiary/aromatic N) is 1. The molecule has 2 aromatic carbocycles. The first-order valence-corrected chi connectivity index (χ1v) is 7.77. The van der Waals surface area contributed by atoms with Gasteiger partial charge in [-0.1, -0.05) is 24.3 Å². The summed E-state index contributed by atoms with van der Waals surface area (Å²) >= 11 is 0. The van der Waals surface area contributed by atoms with E-state index in [-0.39, 0.29) is 0 Å². The fraction of sp³-hybridized carbons (Fsp3) is 0.200. The zero-order valence-electron chi connectivity index (χ0n) is 13.9. The number of aromatic nitrogens is 1. The van der Waals surface area contributed by atoms with Crippen LogP contribution in [-0.4, -0.2) is 22.5 Å². The van der Waals surface area contributed by atoms with Crippen molar-refractivity contribution in [1.29, 1.82) is 0 Å². The van der Waals surface area contributed by atoms with Crippen LogP contribution in [-0.2, 0) is 4.74 Å². The molecule has 0 saturated carbocycles. The van der Waals surface area contributed by atoms with E-state index >= 15 is 0 Å². The van der Waals surface area contributed by atoms with Gasteiger partial charge in [0.05, 0.1) is 5.52 Å². The molecule has 4 nitrogen and oxygen atoms in total. The summed E-state index contributed by atoms with van der Waals surface area (Å²) < 4.78 is 6.93. The van der Waals surface area contributed by atoms with E-state index in [1.54, 1.807) is 12.3 Å². The molecule has 1 aromatic heterocycles. The molecule has 0 aliphatic carbocycles. The summed E-state index contributed by atoms with van der Waals surface area (Å²) in [6.45, 7) is 5.53. The molecule has 0 bridgehead atoms. The van der Waals surface area contributed by atoms with Crippen LogP contribution in [0.15, 0.2) is 54.7 Å². The van der Waals surface area contributed by atoms with Crippen LogP contribution in [0.25, 0.3) is 22.0 Å². The summed E-state index contributed by atoms with van der Waals surface area (Å²) in [5.41, 5.74) is 2.85. The number of hydrogen-bond donors (Lipinski definition) is 0. The predicted octanol–water partition coefficient (Wildman–Crippen LogP) is 4.90. The fourth-order valence-corrected chi connectivity index (χ4v) is 2.58. The van der Waals surface area contributed by atoms with Crippen LogP contribution in [0.2, 0.25) is 0 Å². The van der Waals surface area contributed by atoms with E-state index in [1.165, 1.54) is 4.57 Å². The van der Waals surface area contributed by atoms with E-state index in [1.807, 2.05) is 63.2 Å². The van der Waals surface area contributed by atoms with Gasteiger partial charge in [-0.05, 0) is 56.2 Å². The van der Waals surface area contributed by atoms with Gasteiger partial charge in [-0.3, -0.25) is 9.36 Å². The number of hydrogen-bond acceptors (Lipinski definition) is 3. The zero-order valence-corrected chi connectivity index (χ0v) is 13.9. The van der Waals surface area contributed by atoms with Crippen LogP contribution in [0.4, 0.5) is 4.79 Å². The second-order valence-corrected chi connectivity index (χ2v) is 6.68. The molecule has 0 saturated heterocycles. The summed E-state index contributed by atoms with van der Waals surface area (Å²) in [4.78, 5) is 23.2. The minimum absolute atomic E-state index is 0.395. The highest BCUT2D eigenvalue weighted by atomic mass is 16.6. The Morgan fingerprint density at radius 2 is 1.79 bits per heavy atom. The number of benzene rings is 2. The summed E-state index contributed by atoms with van der Waals surface area (Å²) in [5, 5.41) is 0.940. The molecule has 24 heavy (non-hydrogen) atoms. The number of carbonyl (C=O) groups is 2. The Morgan fingerprint density at radius 1 is 1.04 bits per heavy atom. The molecule has 0 atom stereocenters. The van der Waals surface area contributed by atoms with Crippen molar-refractivity contribution in [2.45, 2.75) is 26.4 Å². The van der Waals surface area contributed by atoms with E-state index in [4.69, 9.17) is 4.74 Å². The van der Waals surface area contributed by atoms with Crippen molar-refractivity contribution in [2.24, 2.45) is 0 Å². The molecule has 0 N–H and O–H groups in total. The van der Waals surface area contributed by atoms with Crippen molar-refractivity contribution in [3.63, 3.8) is 0 Å². The van der Waals surface area contributed by atoms with E-state index in [2.05, 4.69) is 0 Å². The van der Waals surface area contributed by atoms with E-state index < -0.39 is 11.7 Å². The summed E-state index contributed by atoms with van der Waals surface area (Å²) in [6, 6.07) is 15.1. The van der Waals surface area contributed by atoms with Gasteiger partial charge in [0.15, 0.2) is 0 Å². The normalized spacial score (nSPS) is 11.5. The average Bonchev–Trinajstić information content (AvgIpc) is 2.96. The van der Waals surface area contributed by atoms with Crippen molar-refractivity contribution in [3.8, 4) is 11.1 Å². The molecule has 0 aliphatic rings. The second-order valence-electron chi connectivity index (χ2n) is 6.68. The molecule has 0 spiro atoms. The molecule has 1 heterocycles. The maximum Gasteiger partial charge on any atom is 0.418 e. The van der Waals surface area contributed by atoms with Gasteiger partial charge in [0.25, 0.3) is 0 Å². The van der Waals surface area contributed by atoms with Gasteiger partial charge in [-0.15, -0.1) is 0 Å². The van der Waals surface area contributed by atoms with Crippen LogP contribution >= 0.6 is 0 Å². The molecule has 0 fully saturated rings. The van der Waals surface area contributed by atoms with Crippen LogP contribution in [0.3, 0.4) is 0 Å². The maximum absolute atomic E-state index is 12.3. The lowest BCUT2D eigenvalue weighted by molar-refractivity contribution is 0.0544. The quantitative estimate of drug-likeness (QED) is 0.630. The monoisotopic (exact) mass is 321 g/mol. The third-order valence-corrected chi connectivity index (χ3v) is 3.64. The Kier molecular flexibility index (Phi) is 3.97. The smallest absolute Gasteiger partial charge is 0.418 e. The molecular formula is C20H19NO3. The van der Waals surface area contributed by atoms with Gasteiger partial charge < -0.3 is 4.74 Å². The molecule has 4 heteroatoms. The average molecular weight is 321 g/mol. The van der Waals surface area contributed by atoms with Gasteiger partial charge in [0.2, 0.25) is 0 Å². The number of ether oxygens (including phenoxy) is 1. The molecule has 122 valence electrons. The zero-order chi connectivity index (χ0) is 17.3. The molecule has 0 aliphatic heterocycles. The SMILES string of the molecule is CC(C)(C)OC(=O)n1ccc2cc(-c3cccc(C=O)c3)ccc21.